The summed E-state index contributed by atoms with van der Waals surface area (Å²) in [5, 5.41) is 0.462. The third-order valence-corrected chi connectivity index (χ3v) is 6.24. The highest BCUT2D eigenvalue weighted by Gasteiger charge is 2.57. The quantitative estimate of drug-likeness (QED) is 0.345. The molecule has 5 rings (SSSR count). The fraction of sp³-hybridized carbons (Fsp3) is 0.474. The van der Waals surface area contributed by atoms with Gasteiger partial charge in [0.25, 0.3) is 11.8 Å². The highest BCUT2D eigenvalue weighted by molar-refractivity contribution is 6.20. The molecule has 0 spiro atoms. The Balaban J connectivity index is 1.41. The van der Waals surface area contributed by atoms with Gasteiger partial charge >= 0.3 is 11.9 Å². The van der Waals surface area contributed by atoms with Crippen molar-refractivity contribution in [2.75, 3.05) is 7.11 Å². The van der Waals surface area contributed by atoms with Crippen LogP contribution in [0.15, 0.2) is 24.3 Å². The van der Waals surface area contributed by atoms with Crippen LogP contribution in [0, 0.1) is 10.8 Å². The summed E-state index contributed by atoms with van der Waals surface area (Å²) in [4.78, 5) is 58.9. The highest BCUT2D eigenvalue weighted by atomic mass is 17.3. The van der Waals surface area contributed by atoms with E-state index in [4.69, 9.17) is 14.6 Å². The normalized spacial score (nSPS) is 28.9. The number of rotatable bonds is 4. The number of esters is 1. The number of imide groups is 1. The SMILES string of the molecule is COC(=O)C12CCC(C(=O)OON3C(=O)c4ccccc4C3=O)(CC1)CC2. The molecule has 3 saturated carbocycles. The fourth-order valence-electron chi connectivity index (χ4n) is 4.41. The van der Waals surface area contributed by atoms with Crippen LogP contribution < -0.4 is 0 Å². The molecule has 1 heterocycles. The van der Waals surface area contributed by atoms with Crippen molar-refractivity contribution in [3.8, 4) is 0 Å². The van der Waals surface area contributed by atoms with Crippen molar-refractivity contribution in [3.63, 3.8) is 0 Å². The minimum atomic E-state index is -0.756. The van der Waals surface area contributed by atoms with Gasteiger partial charge in [0.2, 0.25) is 0 Å². The highest BCUT2D eigenvalue weighted by Crippen LogP contribution is 2.57. The maximum Gasteiger partial charge on any atom is 0.351 e. The van der Waals surface area contributed by atoms with Gasteiger partial charge in [0.05, 0.1) is 29.1 Å². The lowest BCUT2D eigenvalue weighted by Gasteiger charge is -2.49. The first-order valence-corrected chi connectivity index (χ1v) is 8.88. The molecule has 0 saturated heterocycles. The molecule has 27 heavy (non-hydrogen) atoms. The lowest BCUT2D eigenvalue weighted by molar-refractivity contribution is -0.362. The van der Waals surface area contributed by atoms with E-state index in [0.29, 0.717) is 43.6 Å². The first-order chi connectivity index (χ1) is 12.9. The third-order valence-electron chi connectivity index (χ3n) is 6.24. The maximum absolute atomic E-state index is 12.6. The number of carbonyl (C=O) groups is 4. The van der Waals surface area contributed by atoms with Gasteiger partial charge in [0, 0.05) is 0 Å². The van der Waals surface area contributed by atoms with Gasteiger partial charge in [-0.05, 0) is 55.6 Å². The largest absolute Gasteiger partial charge is 0.469 e. The van der Waals surface area contributed by atoms with Gasteiger partial charge in [-0.2, -0.15) is 0 Å². The number of fused-ring (bicyclic) bond motifs is 4. The van der Waals surface area contributed by atoms with E-state index in [-0.39, 0.29) is 17.1 Å². The van der Waals surface area contributed by atoms with E-state index in [0.717, 1.165) is 0 Å². The minimum absolute atomic E-state index is 0.204. The lowest BCUT2D eigenvalue weighted by Crippen LogP contribution is -2.50. The molecule has 0 N–H and O–H groups in total. The van der Waals surface area contributed by atoms with Crippen LogP contribution in [0.2, 0.25) is 0 Å². The van der Waals surface area contributed by atoms with E-state index in [9.17, 15) is 19.2 Å². The van der Waals surface area contributed by atoms with Gasteiger partial charge in [-0.3, -0.25) is 19.3 Å². The molecule has 8 heteroatoms. The smallest absolute Gasteiger partial charge is 0.351 e. The second kappa shape index (κ2) is 6.16. The zero-order valence-electron chi connectivity index (χ0n) is 14.9. The molecule has 2 bridgehead atoms. The van der Waals surface area contributed by atoms with E-state index in [1.807, 2.05) is 0 Å². The summed E-state index contributed by atoms with van der Waals surface area (Å²) in [6.45, 7) is 0. The number of methoxy groups -OCH3 is 1. The number of hydrogen-bond donors (Lipinski definition) is 0. The topological polar surface area (TPSA) is 99.2 Å². The van der Waals surface area contributed by atoms with Gasteiger partial charge in [-0.1, -0.05) is 12.1 Å². The van der Waals surface area contributed by atoms with Gasteiger partial charge in [-0.15, -0.1) is 5.06 Å². The fourth-order valence-corrected chi connectivity index (χ4v) is 4.41. The summed E-state index contributed by atoms with van der Waals surface area (Å²) in [6, 6.07) is 6.29. The zero-order chi connectivity index (χ0) is 19.2. The van der Waals surface area contributed by atoms with Crippen LogP contribution in [0.1, 0.15) is 59.2 Å². The van der Waals surface area contributed by atoms with Crippen LogP contribution in [0.5, 0.6) is 0 Å². The summed E-state index contributed by atoms with van der Waals surface area (Å²) in [6.07, 6.45) is 3.07. The van der Waals surface area contributed by atoms with Crippen molar-refractivity contribution in [2.45, 2.75) is 38.5 Å². The van der Waals surface area contributed by atoms with Crippen LogP contribution in [-0.4, -0.2) is 35.9 Å². The van der Waals surface area contributed by atoms with Crippen molar-refractivity contribution in [3.05, 3.63) is 35.4 Å². The average molecular weight is 373 g/mol. The van der Waals surface area contributed by atoms with E-state index in [2.05, 4.69) is 0 Å². The van der Waals surface area contributed by atoms with Gasteiger partial charge in [-0.25, -0.2) is 4.79 Å². The van der Waals surface area contributed by atoms with Crippen LogP contribution >= 0.6 is 0 Å². The first kappa shape index (κ1) is 17.7. The van der Waals surface area contributed by atoms with E-state index < -0.39 is 28.6 Å². The molecule has 0 radical (unpaired) electrons. The van der Waals surface area contributed by atoms with Crippen LogP contribution in [0.4, 0.5) is 0 Å². The standard InChI is InChI=1S/C19H19NO7/c1-25-16(23)18-6-9-19(10-7-18,11-8-18)17(24)26-27-20-14(21)12-4-2-3-5-13(12)15(20)22/h2-5H,6-11H2,1H3. The second-order valence-corrected chi connectivity index (χ2v) is 7.45. The molecule has 142 valence electrons. The van der Waals surface area contributed by atoms with E-state index in [1.165, 1.54) is 19.2 Å². The number of benzene rings is 1. The van der Waals surface area contributed by atoms with Crippen LogP contribution in [-0.2, 0) is 24.2 Å². The van der Waals surface area contributed by atoms with Crippen molar-refractivity contribution < 1.29 is 33.8 Å². The second-order valence-electron chi connectivity index (χ2n) is 7.45. The molecule has 1 aliphatic heterocycles. The molecular formula is C19H19NO7. The molecule has 8 nitrogen and oxygen atoms in total. The molecule has 0 aromatic heterocycles. The van der Waals surface area contributed by atoms with Crippen molar-refractivity contribution >= 4 is 23.8 Å². The lowest BCUT2D eigenvalue weighted by atomic mass is 9.54. The Kier molecular flexibility index (Phi) is 4.03. The van der Waals surface area contributed by atoms with Crippen molar-refractivity contribution in [2.24, 2.45) is 10.8 Å². The average Bonchev–Trinajstić information content (AvgIpc) is 2.97. The van der Waals surface area contributed by atoms with Gasteiger partial charge in [0.15, 0.2) is 0 Å². The summed E-state index contributed by atoms with van der Waals surface area (Å²) >= 11 is 0. The Labute approximate surface area is 155 Å². The van der Waals surface area contributed by atoms with Crippen molar-refractivity contribution in [1.82, 2.24) is 5.06 Å². The molecule has 3 aliphatic carbocycles. The predicted octanol–water partition coefficient (Wildman–Crippen LogP) is 2.19. The number of carbonyl (C=O) groups excluding carboxylic acids is 4. The Morgan fingerprint density at radius 1 is 0.852 bits per heavy atom. The number of hydrogen-bond acceptors (Lipinski definition) is 7. The Bertz CT molecular complexity index is 787. The molecule has 4 aliphatic rings. The molecule has 1 aromatic carbocycles. The molecule has 0 atom stereocenters. The summed E-state index contributed by atoms with van der Waals surface area (Å²) < 4.78 is 4.91. The Morgan fingerprint density at radius 2 is 1.30 bits per heavy atom. The summed E-state index contributed by atoms with van der Waals surface area (Å²) in [5.41, 5.74) is -0.862. The summed E-state index contributed by atoms with van der Waals surface area (Å²) in [5.74, 6) is -2.18. The molecule has 0 unspecified atom stereocenters. The van der Waals surface area contributed by atoms with E-state index >= 15 is 0 Å². The molecular weight excluding hydrogens is 354 g/mol. The minimum Gasteiger partial charge on any atom is -0.469 e. The zero-order valence-corrected chi connectivity index (χ0v) is 14.9. The molecule has 1 aromatic rings. The number of hydroxylamine groups is 2. The molecule has 3 fully saturated rings. The van der Waals surface area contributed by atoms with Crippen LogP contribution in [0.25, 0.3) is 0 Å². The Hall–Kier alpha value is -2.74. The summed E-state index contributed by atoms with van der Waals surface area (Å²) in [7, 11) is 1.37. The third kappa shape index (κ3) is 2.55. The Morgan fingerprint density at radius 3 is 1.74 bits per heavy atom. The number of amides is 2. The first-order valence-electron chi connectivity index (χ1n) is 8.88. The maximum atomic E-state index is 12.6. The molecule has 2 amide bonds. The van der Waals surface area contributed by atoms with Crippen LogP contribution in [0.3, 0.4) is 0 Å². The predicted molar refractivity (Wildman–Crippen MR) is 88.7 cm³/mol. The van der Waals surface area contributed by atoms with Gasteiger partial charge < -0.3 is 4.74 Å². The number of ether oxygens (including phenoxy) is 1. The number of nitrogens with zero attached hydrogens (tertiary/aromatic N) is 1. The van der Waals surface area contributed by atoms with Gasteiger partial charge in [0.1, 0.15) is 0 Å². The monoisotopic (exact) mass is 373 g/mol. The van der Waals surface area contributed by atoms with Crippen molar-refractivity contribution in [1.29, 1.82) is 0 Å². The van der Waals surface area contributed by atoms with E-state index in [1.54, 1.807) is 12.1 Å².